The van der Waals surface area contributed by atoms with E-state index in [9.17, 15) is 58.2 Å². The fraction of sp³-hybridized carbons (Fsp3) is 0.717. The van der Waals surface area contributed by atoms with Gasteiger partial charge in [-0.25, -0.2) is 9.78 Å². The average molecular weight is 983 g/mol. The topological polar surface area (TPSA) is 325 Å². The van der Waals surface area contributed by atoms with Crippen molar-refractivity contribution in [2.45, 2.75) is 165 Å². The quantitative estimate of drug-likeness (QED) is 0.0641. The predicted molar refractivity (Wildman–Crippen MR) is 247 cm³/mol. The van der Waals surface area contributed by atoms with Crippen molar-refractivity contribution in [1.29, 1.82) is 0 Å². The van der Waals surface area contributed by atoms with Crippen LogP contribution in [0.15, 0.2) is 12.5 Å². The fourth-order valence-corrected chi connectivity index (χ4v) is 10.2. The normalized spacial score (nSPS) is 24.4. The number of carboxylic acids is 1. The highest BCUT2D eigenvalue weighted by molar-refractivity contribution is 5.99. The number of hydrogen-bond acceptors (Lipinski definition) is 13. The molecule has 0 spiro atoms. The number of hydrogen-bond donors (Lipinski definition) is 9. The van der Waals surface area contributed by atoms with E-state index in [1.54, 1.807) is 23.6 Å². The molecule has 0 saturated carbocycles. The van der Waals surface area contributed by atoms with Gasteiger partial charge < -0.3 is 66.7 Å². The van der Waals surface area contributed by atoms with Gasteiger partial charge in [0.2, 0.25) is 53.2 Å². The van der Waals surface area contributed by atoms with Gasteiger partial charge in [0, 0.05) is 44.5 Å². The van der Waals surface area contributed by atoms with Crippen molar-refractivity contribution in [3.05, 3.63) is 18.2 Å². The summed E-state index contributed by atoms with van der Waals surface area (Å²) in [5.41, 5.74) is 0.415. The van der Waals surface area contributed by atoms with Crippen molar-refractivity contribution >= 4 is 59.1 Å². The fourth-order valence-electron chi connectivity index (χ4n) is 10.2. The minimum absolute atomic E-state index is 0.0790. The molecule has 0 aliphatic carbocycles. The zero-order valence-electron chi connectivity index (χ0n) is 40.4. The van der Waals surface area contributed by atoms with Crippen LogP contribution in [0.4, 0.5) is 0 Å². The summed E-state index contributed by atoms with van der Waals surface area (Å²) in [6.07, 6.45) is 8.31. The van der Waals surface area contributed by atoms with Gasteiger partial charge in [-0.15, -0.1) is 0 Å². The van der Waals surface area contributed by atoms with Gasteiger partial charge in [0.05, 0.1) is 19.0 Å². The molecule has 24 nitrogen and oxygen atoms in total. The summed E-state index contributed by atoms with van der Waals surface area (Å²) >= 11 is 0. The van der Waals surface area contributed by atoms with Gasteiger partial charge in [0.15, 0.2) is 0 Å². The van der Waals surface area contributed by atoms with Crippen LogP contribution in [0.25, 0.3) is 0 Å². The van der Waals surface area contributed by atoms with Gasteiger partial charge in [-0.05, 0) is 96.9 Å². The van der Waals surface area contributed by atoms with Crippen molar-refractivity contribution in [2.75, 3.05) is 39.3 Å². The van der Waals surface area contributed by atoms with Gasteiger partial charge in [0.25, 0.3) is 0 Å². The Hall–Kier alpha value is -6.17. The number of rotatable bonds is 20. The van der Waals surface area contributed by atoms with Crippen LogP contribution in [0.5, 0.6) is 0 Å². The number of H-pyrrole nitrogens is 1. The Labute approximate surface area is 406 Å². The molecule has 24 heteroatoms. The molecule has 0 aromatic carbocycles. The molecule has 5 aliphatic rings. The zero-order valence-corrected chi connectivity index (χ0v) is 40.4. The summed E-state index contributed by atoms with van der Waals surface area (Å²) < 4.78 is 0. The van der Waals surface area contributed by atoms with Crippen LogP contribution in [0.3, 0.4) is 0 Å². The number of imidazole rings is 1. The Morgan fingerprint density at radius 2 is 1.07 bits per heavy atom. The van der Waals surface area contributed by atoms with Crippen molar-refractivity contribution in [2.24, 2.45) is 5.92 Å². The van der Waals surface area contributed by atoms with E-state index in [1.165, 1.54) is 36.2 Å². The van der Waals surface area contributed by atoms with Crippen LogP contribution < -0.4 is 31.9 Å². The number of aliphatic hydroxyl groups is 1. The summed E-state index contributed by atoms with van der Waals surface area (Å²) in [7, 11) is 0. The smallest absolute Gasteiger partial charge is 0.326 e. The lowest BCUT2D eigenvalue weighted by Crippen LogP contribution is -2.60. The van der Waals surface area contributed by atoms with Crippen molar-refractivity contribution in [3.8, 4) is 0 Å². The first kappa shape index (κ1) is 53.2. The molecule has 0 unspecified atom stereocenters. The van der Waals surface area contributed by atoms with Crippen LogP contribution in [0.1, 0.15) is 104 Å². The maximum absolute atomic E-state index is 14.3. The van der Waals surface area contributed by atoms with Crippen LogP contribution >= 0.6 is 0 Å². The third kappa shape index (κ3) is 12.8. The Morgan fingerprint density at radius 1 is 0.600 bits per heavy atom. The zero-order chi connectivity index (χ0) is 50.8. The summed E-state index contributed by atoms with van der Waals surface area (Å²) in [5, 5.41) is 35.1. The lowest BCUT2D eigenvalue weighted by atomic mass is 10.0. The van der Waals surface area contributed by atoms with E-state index in [2.05, 4.69) is 41.9 Å². The van der Waals surface area contributed by atoms with Crippen molar-refractivity contribution in [1.82, 2.24) is 61.5 Å². The van der Waals surface area contributed by atoms with Gasteiger partial charge in [0.1, 0.15) is 54.4 Å². The largest absolute Gasteiger partial charge is 0.480 e. The molecule has 9 amide bonds. The number of aromatic nitrogens is 2. The third-order valence-electron chi connectivity index (χ3n) is 13.9. The van der Waals surface area contributed by atoms with E-state index in [0.717, 1.165) is 19.4 Å². The molecule has 5 fully saturated rings. The molecule has 386 valence electrons. The molecule has 70 heavy (non-hydrogen) atoms. The molecule has 0 radical (unpaired) electrons. The Bertz CT molecular complexity index is 2100. The Balaban J connectivity index is 1.02. The maximum Gasteiger partial charge on any atom is 0.326 e. The molecule has 1 aromatic heterocycles. The first-order chi connectivity index (χ1) is 33.4. The Kier molecular flexibility index (Phi) is 18.3. The van der Waals surface area contributed by atoms with E-state index >= 15 is 0 Å². The summed E-state index contributed by atoms with van der Waals surface area (Å²) in [6.45, 7) is 7.58. The first-order valence-corrected chi connectivity index (χ1v) is 24.7. The molecule has 0 bridgehead atoms. The molecule has 6 rings (SSSR count). The summed E-state index contributed by atoms with van der Waals surface area (Å²) in [5.74, 6) is -6.45. The molecule has 9 N–H and O–H groups in total. The average Bonchev–Trinajstić information content (AvgIpc) is 4.19. The maximum atomic E-state index is 14.3. The number of carbonyl (C=O) groups is 10. The molecule has 1 aromatic rings. The second-order valence-corrected chi connectivity index (χ2v) is 19.5. The second-order valence-electron chi connectivity index (χ2n) is 19.5. The number of amides is 9. The van der Waals surface area contributed by atoms with Gasteiger partial charge in [-0.3, -0.25) is 43.2 Å². The highest BCUT2D eigenvalue weighted by Gasteiger charge is 2.48. The second kappa shape index (κ2) is 24.1. The number of carboxylic acid groups (broad SMARTS) is 1. The van der Waals surface area contributed by atoms with Gasteiger partial charge in [-0.1, -0.05) is 13.8 Å². The standard InChI is InChI=1S/C46H70N12O12/c1-25(2)20-31(46(69)70)53-40(63)32(23-59)54-39(62)30(21-28-22-47-24-49-28)52-38(61)27(4)50-37(60)26(3)51-41(64)33-11-6-16-55(33)43(66)35-13-8-18-57(35)45(68)36-14-9-19-58(36)44(67)34-12-7-17-56(34)42(65)29-10-5-15-48-29/h22,24-27,29-36,48,59H,5-21,23H2,1-4H3,(H,47,49)(H,50,60)(H,51,64)(H,52,61)(H,53,63)(H,54,62)(H,69,70)/t26-,27-,29-,30-,31-,32-,33-,34-,35-,36-/m0/s1. The van der Waals surface area contributed by atoms with Crippen molar-refractivity contribution in [3.63, 3.8) is 0 Å². The van der Waals surface area contributed by atoms with E-state index < -0.39 is 102 Å². The SMILES string of the molecule is CC(C)C[C@H](NC(=O)[C@H](CO)NC(=O)[C@H](Cc1cnc[nH]1)NC(=O)[C@H](C)NC(=O)[C@H](C)NC(=O)[C@@H]1CCCN1C(=O)[C@@H]1CCCN1C(=O)[C@@H]1CCCN1C(=O)[C@@H]1CCCN1C(=O)[C@@H]1CCCN1)C(=O)O. The number of aliphatic hydroxyl groups excluding tert-OH is 1. The van der Waals surface area contributed by atoms with E-state index in [4.69, 9.17) is 0 Å². The first-order valence-electron chi connectivity index (χ1n) is 24.7. The van der Waals surface area contributed by atoms with Gasteiger partial charge >= 0.3 is 5.97 Å². The summed E-state index contributed by atoms with van der Waals surface area (Å²) in [6, 6.07) is -10.2. The van der Waals surface area contributed by atoms with Crippen molar-refractivity contribution < 1.29 is 58.2 Å². The van der Waals surface area contributed by atoms with Crippen LogP contribution in [-0.4, -0.2) is 199 Å². The Morgan fingerprint density at radius 3 is 1.56 bits per heavy atom. The minimum Gasteiger partial charge on any atom is -0.480 e. The lowest BCUT2D eigenvalue weighted by molar-refractivity contribution is -0.152. The minimum atomic E-state index is -1.57. The number of aromatic amines is 1. The number of carbonyl (C=O) groups excluding carboxylic acids is 9. The number of likely N-dealkylation sites (tertiary alicyclic amines) is 4. The molecular weight excluding hydrogens is 913 g/mol. The molecule has 5 aliphatic heterocycles. The van der Waals surface area contributed by atoms with Crippen LogP contribution in [-0.2, 0) is 54.4 Å². The summed E-state index contributed by atoms with van der Waals surface area (Å²) in [4.78, 5) is 148. The highest BCUT2D eigenvalue weighted by Crippen LogP contribution is 2.31. The van der Waals surface area contributed by atoms with E-state index in [0.29, 0.717) is 76.7 Å². The predicted octanol–water partition coefficient (Wildman–Crippen LogP) is -2.75. The lowest BCUT2D eigenvalue weighted by Gasteiger charge is -2.36. The molecule has 6 heterocycles. The van der Waals surface area contributed by atoms with Gasteiger partial charge in [-0.2, -0.15) is 0 Å². The number of aliphatic carboxylic acids is 1. The third-order valence-corrected chi connectivity index (χ3v) is 13.9. The highest BCUT2D eigenvalue weighted by atomic mass is 16.4. The number of nitrogens with one attached hydrogen (secondary N) is 7. The number of nitrogens with zero attached hydrogens (tertiary/aromatic N) is 5. The molecule has 5 saturated heterocycles. The molecule has 10 atom stereocenters. The van der Waals surface area contributed by atoms with E-state index in [-0.39, 0.29) is 49.1 Å². The van der Waals surface area contributed by atoms with Crippen LogP contribution in [0.2, 0.25) is 0 Å². The molecular formula is C46H70N12O12. The monoisotopic (exact) mass is 983 g/mol. The van der Waals surface area contributed by atoms with E-state index in [1.807, 2.05) is 0 Å². The van der Waals surface area contributed by atoms with Crippen LogP contribution in [0, 0.1) is 5.92 Å².